The molecule has 0 amide bonds. The summed E-state index contributed by atoms with van der Waals surface area (Å²) in [5.74, 6) is 1.15. The van der Waals surface area contributed by atoms with E-state index in [1.54, 1.807) is 0 Å². The highest BCUT2D eigenvalue weighted by Crippen LogP contribution is 2.30. The number of benzene rings is 1. The summed E-state index contributed by atoms with van der Waals surface area (Å²) < 4.78 is 5.77. The van der Waals surface area contributed by atoms with E-state index in [2.05, 4.69) is 32.9 Å². The van der Waals surface area contributed by atoms with E-state index in [1.165, 1.54) is 55.2 Å². The summed E-state index contributed by atoms with van der Waals surface area (Å²) in [4.78, 5) is 0. The minimum absolute atomic E-state index is 1.11. The Balaban J connectivity index is 3.05. The second-order valence-corrected chi connectivity index (χ2v) is 5.61. The zero-order valence-electron chi connectivity index (χ0n) is 13.8. The lowest BCUT2D eigenvalue weighted by atomic mass is 9.93. The molecule has 0 atom stereocenters. The van der Waals surface area contributed by atoms with Gasteiger partial charge in [0.1, 0.15) is 5.75 Å². The standard InChI is InChI=1S/C19H31O/c1-5-8-11-16-14-15-17(12-9-6-2)19(20-4)18(16)13-10-7-3/h15H,5-13H2,1-4H3. The number of hydrogen-bond donors (Lipinski definition) is 0. The van der Waals surface area contributed by atoms with E-state index in [0.29, 0.717) is 0 Å². The summed E-state index contributed by atoms with van der Waals surface area (Å²) in [5, 5.41) is 0. The Hall–Kier alpha value is -0.980. The van der Waals surface area contributed by atoms with Crippen LogP contribution in [0.5, 0.6) is 5.75 Å². The van der Waals surface area contributed by atoms with Crippen molar-refractivity contribution >= 4 is 0 Å². The van der Waals surface area contributed by atoms with Gasteiger partial charge < -0.3 is 4.74 Å². The topological polar surface area (TPSA) is 9.23 Å². The molecule has 0 saturated carbocycles. The lowest BCUT2D eigenvalue weighted by Gasteiger charge is -2.17. The van der Waals surface area contributed by atoms with Crippen LogP contribution >= 0.6 is 0 Å². The van der Waals surface area contributed by atoms with Crippen molar-refractivity contribution in [2.75, 3.05) is 7.11 Å². The Bertz CT molecular complexity index is 382. The number of hydrogen-bond acceptors (Lipinski definition) is 1. The predicted molar refractivity (Wildman–Crippen MR) is 87.7 cm³/mol. The fourth-order valence-electron chi connectivity index (χ4n) is 2.66. The van der Waals surface area contributed by atoms with Gasteiger partial charge in [0.2, 0.25) is 0 Å². The van der Waals surface area contributed by atoms with Crippen LogP contribution in [0, 0.1) is 6.07 Å². The van der Waals surface area contributed by atoms with E-state index >= 15 is 0 Å². The average Bonchev–Trinajstić information content (AvgIpc) is 2.48. The maximum absolute atomic E-state index is 5.77. The van der Waals surface area contributed by atoms with Gasteiger partial charge in [0, 0.05) is 0 Å². The van der Waals surface area contributed by atoms with E-state index in [1.807, 2.05) is 7.11 Å². The molecule has 0 aliphatic rings. The molecule has 1 radical (unpaired) electrons. The highest BCUT2D eigenvalue weighted by atomic mass is 16.5. The second kappa shape index (κ2) is 9.85. The first-order valence-electron chi connectivity index (χ1n) is 8.37. The van der Waals surface area contributed by atoms with E-state index in [9.17, 15) is 0 Å². The van der Waals surface area contributed by atoms with Crippen LogP contribution in [0.3, 0.4) is 0 Å². The average molecular weight is 275 g/mol. The molecule has 0 aliphatic carbocycles. The van der Waals surface area contributed by atoms with Crippen molar-refractivity contribution < 1.29 is 4.74 Å². The Morgan fingerprint density at radius 2 is 1.50 bits per heavy atom. The first-order valence-corrected chi connectivity index (χ1v) is 8.37. The molecule has 0 bridgehead atoms. The van der Waals surface area contributed by atoms with Crippen molar-refractivity contribution in [3.8, 4) is 5.75 Å². The van der Waals surface area contributed by atoms with Crippen LogP contribution in [0.4, 0.5) is 0 Å². The molecule has 0 fully saturated rings. The molecule has 20 heavy (non-hydrogen) atoms. The maximum atomic E-state index is 5.77. The van der Waals surface area contributed by atoms with Crippen molar-refractivity contribution in [3.05, 3.63) is 28.8 Å². The minimum Gasteiger partial charge on any atom is -0.496 e. The summed E-state index contributed by atoms with van der Waals surface area (Å²) in [6, 6.07) is 5.73. The molecular formula is C19H31O. The van der Waals surface area contributed by atoms with E-state index < -0.39 is 0 Å². The lowest BCUT2D eigenvalue weighted by molar-refractivity contribution is 0.402. The van der Waals surface area contributed by atoms with Crippen LogP contribution in [-0.2, 0) is 19.3 Å². The molecule has 1 rings (SSSR count). The van der Waals surface area contributed by atoms with Crippen molar-refractivity contribution in [1.29, 1.82) is 0 Å². The van der Waals surface area contributed by atoms with Gasteiger partial charge in [-0.3, -0.25) is 0 Å². The SMILES string of the molecule is CCCCc1[c]cc(CCCC)c(OC)c1CCCC. The van der Waals surface area contributed by atoms with Crippen LogP contribution in [-0.4, -0.2) is 7.11 Å². The number of aryl methyl sites for hydroxylation is 2. The number of ether oxygens (including phenoxy) is 1. The van der Waals surface area contributed by atoms with Crippen LogP contribution in [0.15, 0.2) is 6.07 Å². The third-order valence-electron chi connectivity index (χ3n) is 3.92. The second-order valence-electron chi connectivity index (χ2n) is 5.61. The first-order chi connectivity index (χ1) is 9.78. The fraction of sp³-hybridized carbons (Fsp3) is 0.684. The Morgan fingerprint density at radius 3 is 2.10 bits per heavy atom. The van der Waals surface area contributed by atoms with Gasteiger partial charge in [-0.1, -0.05) is 40.0 Å². The molecule has 0 heterocycles. The predicted octanol–water partition coefficient (Wildman–Crippen LogP) is 5.52. The van der Waals surface area contributed by atoms with Gasteiger partial charge in [-0.15, -0.1) is 0 Å². The van der Waals surface area contributed by atoms with Crippen LogP contribution in [0.25, 0.3) is 0 Å². The zero-order valence-corrected chi connectivity index (χ0v) is 13.8. The quantitative estimate of drug-likeness (QED) is 0.546. The van der Waals surface area contributed by atoms with Gasteiger partial charge in [0.05, 0.1) is 7.11 Å². The molecule has 1 heteroatoms. The normalized spacial score (nSPS) is 10.8. The summed E-state index contributed by atoms with van der Waals surface area (Å²) in [5.41, 5.74) is 4.16. The van der Waals surface area contributed by atoms with Crippen molar-refractivity contribution in [2.45, 2.75) is 78.6 Å². The van der Waals surface area contributed by atoms with E-state index in [-0.39, 0.29) is 0 Å². The van der Waals surface area contributed by atoms with Crippen LogP contribution < -0.4 is 4.74 Å². The maximum Gasteiger partial charge on any atom is 0.125 e. The molecular weight excluding hydrogens is 244 g/mol. The monoisotopic (exact) mass is 275 g/mol. The molecule has 1 nitrogen and oxygen atoms in total. The van der Waals surface area contributed by atoms with Gasteiger partial charge >= 0.3 is 0 Å². The molecule has 0 aromatic heterocycles. The van der Waals surface area contributed by atoms with Gasteiger partial charge in [0.15, 0.2) is 0 Å². The van der Waals surface area contributed by atoms with Crippen molar-refractivity contribution in [1.82, 2.24) is 0 Å². The van der Waals surface area contributed by atoms with Gasteiger partial charge in [0.25, 0.3) is 0 Å². The van der Waals surface area contributed by atoms with Gasteiger partial charge in [-0.2, -0.15) is 0 Å². The lowest BCUT2D eigenvalue weighted by Crippen LogP contribution is -2.03. The summed E-state index contributed by atoms with van der Waals surface area (Å²) in [6.45, 7) is 6.74. The van der Waals surface area contributed by atoms with Crippen molar-refractivity contribution in [3.63, 3.8) is 0 Å². The van der Waals surface area contributed by atoms with Crippen LogP contribution in [0.1, 0.15) is 76.0 Å². The number of unbranched alkanes of at least 4 members (excludes halogenated alkanes) is 3. The fourth-order valence-corrected chi connectivity index (χ4v) is 2.66. The summed E-state index contributed by atoms with van der Waals surface area (Å²) in [6.07, 6.45) is 10.8. The van der Waals surface area contributed by atoms with Gasteiger partial charge in [-0.05, 0) is 67.3 Å². The minimum atomic E-state index is 1.11. The molecule has 0 aliphatic heterocycles. The molecule has 113 valence electrons. The molecule has 0 saturated heterocycles. The molecule has 0 spiro atoms. The summed E-state index contributed by atoms with van der Waals surface area (Å²) in [7, 11) is 1.82. The van der Waals surface area contributed by atoms with Crippen molar-refractivity contribution in [2.24, 2.45) is 0 Å². The Morgan fingerprint density at radius 1 is 0.900 bits per heavy atom. The number of rotatable bonds is 10. The van der Waals surface area contributed by atoms with E-state index in [4.69, 9.17) is 4.74 Å². The Kier molecular flexibility index (Phi) is 8.41. The zero-order chi connectivity index (χ0) is 14.8. The molecule has 0 N–H and O–H groups in total. The smallest absolute Gasteiger partial charge is 0.125 e. The highest BCUT2D eigenvalue weighted by molar-refractivity contribution is 5.46. The van der Waals surface area contributed by atoms with Crippen LogP contribution in [0.2, 0.25) is 0 Å². The third-order valence-corrected chi connectivity index (χ3v) is 3.92. The summed E-state index contributed by atoms with van der Waals surface area (Å²) >= 11 is 0. The molecule has 1 aromatic carbocycles. The first kappa shape index (κ1) is 17.1. The highest BCUT2D eigenvalue weighted by Gasteiger charge is 2.13. The van der Waals surface area contributed by atoms with E-state index in [0.717, 1.165) is 25.0 Å². The Labute approximate surface area is 125 Å². The molecule has 0 unspecified atom stereocenters. The number of methoxy groups -OCH3 is 1. The van der Waals surface area contributed by atoms with Gasteiger partial charge in [-0.25, -0.2) is 0 Å². The molecule has 1 aromatic rings. The largest absolute Gasteiger partial charge is 0.496 e. The third kappa shape index (κ3) is 4.85.